The topological polar surface area (TPSA) is 66.5 Å². The lowest BCUT2D eigenvalue weighted by atomic mass is 10.0. The minimum Gasteiger partial charge on any atom is -0.355 e. The van der Waals surface area contributed by atoms with Crippen molar-refractivity contribution in [2.75, 3.05) is 17.4 Å². The molecule has 1 aliphatic heterocycles. The largest absolute Gasteiger partial charge is 0.355 e. The molecule has 6 heteroatoms. The van der Waals surface area contributed by atoms with E-state index < -0.39 is 10.0 Å². The number of fused-ring (bicyclic) bond motifs is 3. The smallest absolute Gasteiger partial charge is 0.265 e. The highest BCUT2D eigenvalue weighted by Gasteiger charge is 2.35. The van der Waals surface area contributed by atoms with Crippen LogP contribution in [0.1, 0.15) is 6.92 Å². The molecule has 0 spiro atoms. The van der Waals surface area contributed by atoms with Crippen LogP contribution in [0.25, 0.3) is 11.1 Å². The SMILES string of the molecule is CCNC(=O)CN1c2ccccc2-c2ccccc2S1(=O)=O. The van der Waals surface area contributed by atoms with Gasteiger partial charge in [-0.2, -0.15) is 0 Å². The molecule has 0 saturated heterocycles. The third-order valence-electron chi connectivity index (χ3n) is 3.58. The van der Waals surface area contributed by atoms with Gasteiger partial charge < -0.3 is 5.32 Å². The summed E-state index contributed by atoms with van der Waals surface area (Å²) in [4.78, 5) is 12.1. The molecule has 0 aliphatic carbocycles. The van der Waals surface area contributed by atoms with Crippen LogP contribution < -0.4 is 9.62 Å². The first kappa shape index (κ1) is 14.6. The van der Waals surface area contributed by atoms with Crippen LogP contribution in [0.15, 0.2) is 53.4 Å². The number of hydrogen-bond acceptors (Lipinski definition) is 3. The van der Waals surface area contributed by atoms with Crippen LogP contribution in [0.2, 0.25) is 0 Å². The maximum atomic E-state index is 12.9. The van der Waals surface area contributed by atoms with Crippen LogP contribution in [0.3, 0.4) is 0 Å². The Bertz CT molecular complexity index is 831. The van der Waals surface area contributed by atoms with E-state index in [0.29, 0.717) is 17.8 Å². The lowest BCUT2D eigenvalue weighted by Gasteiger charge is -2.31. The monoisotopic (exact) mass is 316 g/mol. The van der Waals surface area contributed by atoms with Gasteiger partial charge in [-0.25, -0.2) is 8.42 Å². The summed E-state index contributed by atoms with van der Waals surface area (Å²) in [5.74, 6) is -0.319. The van der Waals surface area contributed by atoms with Gasteiger partial charge in [-0.3, -0.25) is 9.10 Å². The second kappa shape index (κ2) is 5.46. The number of benzene rings is 2. The molecule has 0 bridgehead atoms. The van der Waals surface area contributed by atoms with Crippen LogP contribution in [-0.4, -0.2) is 27.4 Å². The number of para-hydroxylation sites is 1. The van der Waals surface area contributed by atoms with Gasteiger partial charge in [-0.05, 0) is 19.1 Å². The summed E-state index contributed by atoms with van der Waals surface area (Å²) in [6.07, 6.45) is 0. The molecule has 114 valence electrons. The number of sulfonamides is 1. The van der Waals surface area contributed by atoms with Gasteiger partial charge in [0, 0.05) is 17.7 Å². The third-order valence-corrected chi connectivity index (χ3v) is 5.40. The zero-order valence-corrected chi connectivity index (χ0v) is 12.9. The summed E-state index contributed by atoms with van der Waals surface area (Å²) in [6, 6.07) is 14.1. The first-order valence-electron chi connectivity index (χ1n) is 7.03. The molecule has 0 atom stereocenters. The van der Waals surface area contributed by atoms with Crippen LogP contribution in [-0.2, 0) is 14.8 Å². The number of amides is 1. The number of carbonyl (C=O) groups is 1. The molecule has 0 radical (unpaired) electrons. The summed E-state index contributed by atoms with van der Waals surface area (Å²) >= 11 is 0. The van der Waals surface area contributed by atoms with E-state index in [-0.39, 0.29) is 17.3 Å². The van der Waals surface area contributed by atoms with E-state index in [0.717, 1.165) is 5.56 Å². The second-order valence-electron chi connectivity index (χ2n) is 4.98. The van der Waals surface area contributed by atoms with Gasteiger partial charge in [0.1, 0.15) is 6.54 Å². The Morgan fingerprint density at radius 3 is 2.41 bits per heavy atom. The van der Waals surface area contributed by atoms with Crippen molar-refractivity contribution in [2.24, 2.45) is 0 Å². The van der Waals surface area contributed by atoms with Crippen molar-refractivity contribution < 1.29 is 13.2 Å². The van der Waals surface area contributed by atoms with Gasteiger partial charge in [0.05, 0.1) is 10.6 Å². The number of likely N-dealkylation sites (N-methyl/N-ethyl adjacent to an activating group) is 1. The van der Waals surface area contributed by atoms with Crippen molar-refractivity contribution in [3.05, 3.63) is 48.5 Å². The van der Waals surface area contributed by atoms with Crippen molar-refractivity contribution in [3.63, 3.8) is 0 Å². The normalized spacial score (nSPS) is 14.9. The first-order chi connectivity index (χ1) is 10.6. The Hall–Kier alpha value is -2.34. The lowest BCUT2D eigenvalue weighted by Crippen LogP contribution is -2.42. The van der Waals surface area contributed by atoms with Crippen molar-refractivity contribution in [1.29, 1.82) is 0 Å². The molecule has 0 aromatic heterocycles. The average molecular weight is 316 g/mol. The molecule has 1 N–H and O–H groups in total. The molecule has 22 heavy (non-hydrogen) atoms. The molecule has 0 fully saturated rings. The summed E-state index contributed by atoms with van der Waals surface area (Å²) in [7, 11) is -3.74. The maximum Gasteiger partial charge on any atom is 0.265 e. The molecule has 1 aliphatic rings. The number of nitrogens with one attached hydrogen (secondary N) is 1. The average Bonchev–Trinajstić information content (AvgIpc) is 2.52. The van der Waals surface area contributed by atoms with Gasteiger partial charge in [-0.15, -0.1) is 0 Å². The van der Waals surface area contributed by atoms with Crippen LogP contribution in [0.4, 0.5) is 5.69 Å². The fourth-order valence-corrected chi connectivity index (χ4v) is 4.28. The first-order valence-corrected chi connectivity index (χ1v) is 8.47. The predicted octanol–water partition coefficient (Wildman–Crippen LogP) is 2.00. The minimum atomic E-state index is -3.74. The highest BCUT2D eigenvalue weighted by Crippen LogP contribution is 2.42. The number of anilines is 1. The van der Waals surface area contributed by atoms with Gasteiger partial charge in [0.25, 0.3) is 10.0 Å². The van der Waals surface area contributed by atoms with E-state index in [1.165, 1.54) is 4.31 Å². The van der Waals surface area contributed by atoms with E-state index >= 15 is 0 Å². The molecule has 2 aromatic rings. The third kappa shape index (κ3) is 2.25. The maximum absolute atomic E-state index is 12.9. The molecule has 0 saturated carbocycles. The van der Waals surface area contributed by atoms with Gasteiger partial charge >= 0.3 is 0 Å². The van der Waals surface area contributed by atoms with Gasteiger partial charge in [-0.1, -0.05) is 36.4 Å². The quantitative estimate of drug-likeness (QED) is 0.942. The number of rotatable bonds is 3. The fraction of sp³-hybridized carbons (Fsp3) is 0.188. The van der Waals surface area contributed by atoms with Crippen LogP contribution in [0, 0.1) is 0 Å². The summed E-state index contributed by atoms with van der Waals surface area (Å²) in [5.41, 5.74) is 2.02. The lowest BCUT2D eigenvalue weighted by molar-refractivity contribution is -0.119. The molecule has 2 aromatic carbocycles. The van der Waals surface area contributed by atoms with Crippen molar-refractivity contribution >= 4 is 21.6 Å². The van der Waals surface area contributed by atoms with E-state index in [1.807, 2.05) is 18.2 Å². The standard InChI is InChI=1S/C16H16N2O3S/c1-2-17-16(19)11-18-14-9-5-3-7-12(14)13-8-4-6-10-15(13)22(18,20)21/h3-10H,2,11H2,1H3,(H,17,19). The Balaban J connectivity index is 2.18. The number of nitrogens with zero attached hydrogens (tertiary/aromatic N) is 1. The van der Waals surface area contributed by atoms with Crippen molar-refractivity contribution in [3.8, 4) is 11.1 Å². The molecular formula is C16H16N2O3S. The van der Waals surface area contributed by atoms with E-state index in [1.54, 1.807) is 37.3 Å². The van der Waals surface area contributed by atoms with E-state index in [2.05, 4.69) is 5.32 Å². The summed E-state index contributed by atoms with van der Waals surface area (Å²) < 4.78 is 26.9. The van der Waals surface area contributed by atoms with E-state index in [9.17, 15) is 13.2 Å². The molecule has 1 heterocycles. The molecule has 3 rings (SSSR count). The van der Waals surface area contributed by atoms with Crippen molar-refractivity contribution in [1.82, 2.24) is 5.32 Å². The Kier molecular flexibility index (Phi) is 3.62. The predicted molar refractivity (Wildman–Crippen MR) is 85.1 cm³/mol. The van der Waals surface area contributed by atoms with Crippen LogP contribution >= 0.6 is 0 Å². The van der Waals surface area contributed by atoms with Crippen LogP contribution in [0.5, 0.6) is 0 Å². The Morgan fingerprint density at radius 1 is 1.05 bits per heavy atom. The molecule has 1 amide bonds. The highest BCUT2D eigenvalue weighted by molar-refractivity contribution is 7.93. The summed E-state index contributed by atoms with van der Waals surface area (Å²) in [5, 5.41) is 2.64. The Labute approximate surface area is 129 Å². The molecular weight excluding hydrogens is 300 g/mol. The second-order valence-corrected chi connectivity index (χ2v) is 6.81. The summed E-state index contributed by atoms with van der Waals surface area (Å²) in [6.45, 7) is 2.04. The van der Waals surface area contributed by atoms with Gasteiger partial charge in [0.2, 0.25) is 5.91 Å². The number of hydrogen-bond donors (Lipinski definition) is 1. The van der Waals surface area contributed by atoms with E-state index in [4.69, 9.17) is 0 Å². The minimum absolute atomic E-state index is 0.221. The Morgan fingerprint density at radius 2 is 1.68 bits per heavy atom. The number of carbonyl (C=O) groups excluding carboxylic acids is 1. The molecule has 5 nitrogen and oxygen atoms in total. The zero-order chi connectivity index (χ0) is 15.7. The van der Waals surface area contributed by atoms with Crippen molar-refractivity contribution in [2.45, 2.75) is 11.8 Å². The zero-order valence-electron chi connectivity index (χ0n) is 12.1. The highest BCUT2D eigenvalue weighted by atomic mass is 32.2. The molecule has 0 unspecified atom stereocenters. The fourth-order valence-electron chi connectivity index (χ4n) is 2.63. The van der Waals surface area contributed by atoms with Gasteiger partial charge in [0.15, 0.2) is 0 Å².